The van der Waals surface area contributed by atoms with E-state index in [2.05, 4.69) is 4.90 Å². The lowest BCUT2D eigenvalue weighted by Crippen LogP contribution is -2.52. The molecule has 0 saturated carbocycles. The van der Waals surface area contributed by atoms with Crippen LogP contribution in [0.3, 0.4) is 0 Å². The van der Waals surface area contributed by atoms with Crippen LogP contribution in [0.5, 0.6) is 0 Å². The summed E-state index contributed by atoms with van der Waals surface area (Å²) in [6.07, 6.45) is 1.28. The number of nitrogens with two attached hydrogens (primary N) is 1. The van der Waals surface area contributed by atoms with Crippen LogP contribution >= 0.6 is 0 Å². The van der Waals surface area contributed by atoms with Gasteiger partial charge >= 0.3 is 0 Å². The number of hydrogen-bond donors (Lipinski definition) is 2. The molecule has 1 rings (SSSR count). The highest BCUT2D eigenvalue weighted by molar-refractivity contribution is 5.76. The topological polar surface area (TPSA) is 69.8 Å². The van der Waals surface area contributed by atoms with E-state index < -0.39 is 5.60 Å². The maximum Gasteiger partial charge on any atom is 0.224 e. The lowest BCUT2D eigenvalue weighted by atomic mass is 10.1. The van der Waals surface area contributed by atoms with Crippen molar-refractivity contribution in [3.8, 4) is 0 Å². The first-order chi connectivity index (χ1) is 8.31. The van der Waals surface area contributed by atoms with Crippen LogP contribution in [0.1, 0.15) is 33.6 Å². The number of β-amino-alcohol motifs (C(OH)–C–C–N with tert-alkyl or cyclic N) is 1. The molecule has 0 aromatic rings. The first-order valence-corrected chi connectivity index (χ1v) is 6.80. The Kier molecular flexibility index (Phi) is 5.56. The molecule has 1 amide bonds. The molecule has 0 radical (unpaired) electrons. The van der Waals surface area contributed by atoms with E-state index in [4.69, 9.17) is 5.73 Å². The summed E-state index contributed by atoms with van der Waals surface area (Å²) in [5.74, 6) is 0.159. The monoisotopic (exact) mass is 257 g/mol. The number of carbonyl (C=O) groups is 1. The predicted molar refractivity (Wildman–Crippen MR) is 72.2 cm³/mol. The molecule has 1 saturated heterocycles. The first kappa shape index (κ1) is 15.4. The zero-order valence-electron chi connectivity index (χ0n) is 11.9. The van der Waals surface area contributed by atoms with Crippen LogP contribution in [0.25, 0.3) is 0 Å². The number of hydrogen-bond acceptors (Lipinski definition) is 4. The number of aliphatic hydroxyl groups is 1. The largest absolute Gasteiger partial charge is 0.389 e. The molecule has 0 aliphatic carbocycles. The zero-order valence-corrected chi connectivity index (χ0v) is 11.9. The standard InChI is InChI=1S/C13H27N3O2/c1-4-11(14)9-12(17)16-7-5-15(6-8-16)10-13(2,3)18/h11,18H,4-10,14H2,1-3H3. The molecule has 5 heteroatoms. The van der Waals surface area contributed by atoms with Gasteiger partial charge in [0, 0.05) is 45.2 Å². The van der Waals surface area contributed by atoms with Crippen LogP contribution < -0.4 is 5.73 Å². The third-order valence-corrected chi connectivity index (χ3v) is 3.30. The fourth-order valence-corrected chi connectivity index (χ4v) is 2.20. The second-order valence-corrected chi connectivity index (χ2v) is 5.84. The Morgan fingerprint density at radius 2 is 1.89 bits per heavy atom. The van der Waals surface area contributed by atoms with Crippen molar-refractivity contribution in [2.75, 3.05) is 32.7 Å². The second-order valence-electron chi connectivity index (χ2n) is 5.84. The number of amides is 1. The van der Waals surface area contributed by atoms with E-state index in [0.717, 1.165) is 32.6 Å². The minimum absolute atomic E-state index is 0.0214. The van der Waals surface area contributed by atoms with Gasteiger partial charge in [-0.15, -0.1) is 0 Å². The van der Waals surface area contributed by atoms with E-state index >= 15 is 0 Å². The fraction of sp³-hybridized carbons (Fsp3) is 0.923. The van der Waals surface area contributed by atoms with Crippen molar-refractivity contribution >= 4 is 5.91 Å². The molecule has 3 N–H and O–H groups in total. The molecule has 18 heavy (non-hydrogen) atoms. The summed E-state index contributed by atoms with van der Waals surface area (Å²) in [6, 6.07) is -0.0214. The summed E-state index contributed by atoms with van der Waals surface area (Å²) in [6.45, 7) is 9.42. The highest BCUT2D eigenvalue weighted by Gasteiger charge is 2.25. The van der Waals surface area contributed by atoms with Crippen LogP contribution in [0.15, 0.2) is 0 Å². The molecule has 106 valence electrons. The number of carbonyl (C=O) groups excluding carboxylic acids is 1. The van der Waals surface area contributed by atoms with Gasteiger partial charge in [-0.05, 0) is 20.3 Å². The number of rotatable bonds is 5. The van der Waals surface area contributed by atoms with Crippen molar-refractivity contribution in [3.63, 3.8) is 0 Å². The average Bonchev–Trinajstić information content (AvgIpc) is 2.27. The molecule has 1 aliphatic rings. The molecule has 0 bridgehead atoms. The van der Waals surface area contributed by atoms with Crippen molar-refractivity contribution < 1.29 is 9.90 Å². The van der Waals surface area contributed by atoms with E-state index in [9.17, 15) is 9.90 Å². The third kappa shape index (κ3) is 5.33. The molecule has 0 spiro atoms. The maximum atomic E-state index is 11.9. The highest BCUT2D eigenvalue weighted by atomic mass is 16.3. The van der Waals surface area contributed by atoms with Gasteiger partial charge in [-0.25, -0.2) is 0 Å². The zero-order chi connectivity index (χ0) is 13.8. The molecule has 1 unspecified atom stereocenters. The Balaban J connectivity index is 2.33. The van der Waals surface area contributed by atoms with E-state index in [1.54, 1.807) is 0 Å². The lowest BCUT2D eigenvalue weighted by Gasteiger charge is -2.37. The summed E-state index contributed by atoms with van der Waals surface area (Å²) in [5, 5.41) is 9.76. The van der Waals surface area contributed by atoms with Gasteiger partial charge in [-0.2, -0.15) is 0 Å². The van der Waals surface area contributed by atoms with Crippen molar-refractivity contribution in [3.05, 3.63) is 0 Å². The van der Waals surface area contributed by atoms with Gasteiger partial charge in [0.15, 0.2) is 0 Å². The van der Waals surface area contributed by atoms with Gasteiger partial charge in [0.2, 0.25) is 5.91 Å². The van der Waals surface area contributed by atoms with Crippen LogP contribution in [-0.4, -0.2) is 65.2 Å². The molecule has 1 fully saturated rings. The van der Waals surface area contributed by atoms with Crippen LogP contribution in [-0.2, 0) is 4.79 Å². The Morgan fingerprint density at radius 1 is 1.33 bits per heavy atom. The number of nitrogens with zero attached hydrogens (tertiary/aromatic N) is 2. The van der Waals surface area contributed by atoms with Crippen molar-refractivity contribution in [1.82, 2.24) is 9.80 Å². The molecule has 1 atom stereocenters. The summed E-state index contributed by atoms with van der Waals surface area (Å²) in [5.41, 5.74) is 5.13. The molecule has 5 nitrogen and oxygen atoms in total. The SMILES string of the molecule is CCC(N)CC(=O)N1CCN(CC(C)(C)O)CC1. The Hall–Kier alpha value is -0.650. The quantitative estimate of drug-likeness (QED) is 0.729. The summed E-state index contributed by atoms with van der Waals surface area (Å²) >= 11 is 0. The third-order valence-electron chi connectivity index (χ3n) is 3.30. The normalized spacial score (nSPS) is 19.9. The molecule has 1 aliphatic heterocycles. The van der Waals surface area contributed by atoms with Gasteiger partial charge in [0.25, 0.3) is 0 Å². The van der Waals surface area contributed by atoms with Gasteiger partial charge in [-0.3, -0.25) is 9.69 Å². The van der Waals surface area contributed by atoms with Crippen molar-refractivity contribution in [1.29, 1.82) is 0 Å². The van der Waals surface area contributed by atoms with Crippen molar-refractivity contribution in [2.45, 2.75) is 45.3 Å². The van der Waals surface area contributed by atoms with E-state index in [-0.39, 0.29) is 11.9 Å². The Bertz CT molecular complexity index is 268. The van der Waals surface area contributed by atoms with Gasteiger partial charge in [-0.1, -0.05) is 6.92 Å². The fourth-order valence-electron chi connectivity index (χ4n) is 2.20. The Morgan fingerprint density at radius 3 is 2.33 bits per heavy atom. The Labute approximate surface area is 110 Å². The van der Waals surface area contributed by atoms with Crippen molar-refractivity contribution in [2.24, 2.45) is 5.73 Å². The maximum absolute atomic E-state index is 11.9. The van der Waals surface area contributed by atoms with Gasteiger partial charge in [0.05, 0.1) is 5.60 Å². The van der Waals surface area contributed by atoms with Crippen LogP contribution in [0.2, 0.25) is 0 Å². The highest BCUT2D eigenvalue weighted by Crippen LogP contribution is 2.10. The van der Waals surface area contributed by atoms with Crippen LogP contribution in [0, 0.1) is 0 Å². The lowest BCUT2D eigenvalue weighted by molar-refractivity contribution is -0.133. The number of piperazine rings is 1. The van der Waals surface area contributed by atoms with Gasteiger partial charge < -0.3 is 15.7 Å². The van der Waals surface area contributed by atoms with E-state index in [0.29, 0.717) is 13.0 Å². The van der Waals surface area contributed by atoms with Crippen LogP contribution in [0.4, 0.5) is 0 Å². The minimum atomic E-state index is -0.670. The smallest absolute Gasteiger partial charge is 0.224 e. The first-order valence-electron chi connectivity index (χ1n) is 6.80. The summed E-state index contributed by atoms with van der Waals surface area (Å²) in [4.78, 5) is 16.0. The molecular formula is C13H27N3O2. The molecule has 0 aromatic carbocycles. The van der Waals surface area contributed by atoms with Gasteiger partial charge in [0.1, 0.15) is 0 Å². The predicted octanol–water partition coefficient (Wildman–Crippen LogP) is 0.0289. The average molecular weight is 257 g/mol. The molecule has 0 aromatic heterocycles. The van der Waals surface area contributed by atoms with E-state index in [1.165, 1.54) is 0 Å². The molecule has 1 heterocycles. The second kappa shape index (κ2) is 6.50. The van der Waals surface area contributed by atoms with E-state index in [1.807, 2.05) is 25.7 Å². The summed E-state index contributed by atoms with van der Waals surface area (Å²) < 4.78 is 0. The minimum Gasteiger partial charge on any atom is -0.389 e. The molecular weight excluding hydrogens is 230 g/mol. The summed E-state index contributed by atoms with van der Waals surface area (Å²) in [7, 11) is 0.